The number of benzene rings is 1. The molecule has 3 rings (SSSR count). The van der Waals surface area contributed by atoms with Crippen LogP contribution < -0.4 is 4.90 Å². The fourth-order valence-corrected chi connectivity index (χ4v) is 3.51. The van der Waals surface area contributed by atoms with E-state index in [2.05, 4.69) is 33.9 Å². The van der Waals surface area contributed by atoms with Crippen molar-refractivity contribution < 1.29 is 9.21 Å². The number of hydrogen-bond acceptors (Lipinski definition) is 3. The number of nitrogens with zero attached hydrogens (tertiary/aromatic N) is 2. The third-order valence-electron chi connectivity index (χ3n) is 3.58. The van der Waals surface area contributed by atoms with Gasteiger partial charge in [-0.1, -0.05) is 6.07 Å². The summed E-state index contributed by atoms with van der Waals surface area (Å²) in [5, 5.41) is 0. The molecule has 1 aromatic carbocycles. The normalized spacial score (nSPS) is 14.2. The molecule has 0 aliphatic carbocycles. The van der Waals surface area contributed by atoms with Crippen molar-refractivity contribution in [2.45, 2.75) is 26.7 Å². The second kappa shape index (κ2) is 5.05. The maximum Gasteiger partial charge on any atom is 0.280 e. The SMILES string of the molecule is Cc1cc(Br)c2c(c1)CCCN2C(=O)c1ncoc1C. The number of carbonyl (C=O) groups is 1. The van der Waals surface area contributed by atoms with Crippen molar-refractivity contribution in [1.82, 2.24) is 4.98 Å². The summed E-state index contributed by atoms with van der Waals surface area (Å²) >= 11 is 3.59. The Morgan fingerprint density at radius 1 is 1.40 bits per heavy atom. The average Bonchev–Trinajstić information content (AvgIpc) is 2.83. The maximum absolute atomic E-state index is 12.7. The molecular weight excluding hydrogens is 320 g/mol. The summed E-state index contributed by atoms with van der Waals surface area (Å²) in [6, 6.07) is 4.19. The van der Waals surface area contributed by atoms with Gasteiger partial charge in [-0.2, -0.15) is 0 Å². The smallest absolute Gasteiger partial charge is 0.280 e. The summed E-state index contributed by atoms with van der Waals surface area (Å²) in [6.45, 7) is 4.53. The van der Waals surface area contributed by atoms with Crippen LogP contribution in [0.25, 0.3) is 0 Å². The minimum atomic E-state index is -0.0956. The van der Waals surface area contributed by atoms with E-state index in [9.17, 15) is 4.79 Å². The molecule has 0 radical (unpaired) electrons. The van der Waals surface area contributed by atoms with E-state index in [1.807, 2.05) is 6.07 Å². The standard InChI is InChI=1S/C15H15BrN2O2/c1-9-6-11-4-3-5-18(14(11)12(16)7-9)15(19)13-10(2)20-8-17-13/h6-8H,3-5H2,1-2H3. The first kappa shape index (κ1) is 13.4. The van der Waals surface area contributed by atoms with Crippen molar-refractivity contribution in [3.63, 3.8) is 0 Å². The van der Waals surface area contributed by atoms with Crippen LogP contribution in [0.4, 0.5) is 5.69 Å². The van der Waals surface area contributed by atoms with Crippen LogP contribution >= 0.6 is 15.9 Å². The van der Waals surface area contributed by atoms with Crippen molar-refractivity contribution in [3.05, 3.63) is 45.6 Å². The van der Waals surface area contributed by atoms with E-state index in [-0.39, 0.29) is 5.91 Å². The van der Waals surface area contributed by atoms with Crippen molar-refractivity contribution >= 4 is 27.5 Å². The van der Waals surface area contributed by atoms with E-state index in [0.717, 1.165) is 23.0 Å². The van der Waals surface area contributed by atoms with Crippen LogP contribution in [0.1, 0.15) is 33.8 Å². The summed E-state index contributed by atoms with van der Waals surface area (Å²) in [5.41, 5.74) is 3.76. The molecule has 0 fully saturated rings. The van der Waals surface area contributed by atoms with Gasteiger partial charge in [0.2, 0.25) is 0 Å². The maximum atomic E-state index is 12.7. The molecule has 104 valence electrons. The average molecular weight is 335 g/mol. The van der Waals surface area contributed by atoms with Crippen molar-refractivity contribution in [2.75, 3.05) is 11.4 Å². The lowest BCUT2D eigenvalue weighted by Crippen LogP contribution is -2.36. The lowest BCUT2D eigenvalue weighted by molar-refractivity contribution is 0.0979. The zero-order valence-corrected chi connectivity index (χ0v) is 13.0. The molecule has 1 amide bonds. The number of anilines is 1. The van der Waals surface area contributed by atoms with E-state index >= 15 is 0 Å². The molecule has 0 bridgehead atoms. The quantitative estimate of drug-likeness (QED) is 0.799. The number of amides is 1. The third kappa shape index (κ3) is 2.16. The van der Waals surface area contributed by atoms with Crippen molar-refractivity contribution in [2.24, 2.45) is 0 Å². The second-order valence-electron chi connectivity index (χ2n) is 5.07. The first-order valence-corrected chi connectivity index (χ1v) is 7.38. The van der Waals surface area contributed by atoms with Crippen LogP contribution in [0.5, 0.6) is 0 Å². The Morgan fingerprint density at radius 3 is 2.90 bits per heavy atom. The third-order valence-corrected chi connectivity index (χ3v) is 4.18. The van der Waals surface area contributed by atoms with Crippen LogP contribution in [0.2, 0.25) is 0 Å². The molecule has 0 spiro atoms. The summed E-state index contributed by atoms with van der Waals surface area (Å²) < 4.78 is 6.10. The molecular formula is C15H15BrN2O2. The molecule has 0 saturated carbocycles. The number of halogens is 1. The minimum absolute atomic E-state index is 0.0956. The lowest BCUT2D eigenvalue weighted by Gasteiger charge is -2.30. The lowest BCUT2D eigenvalue weighted by atomic mass is 9.99. The Labute approximate surface area is 125 Å². The van der Waals surface area contributed by atoms with Gasteiger partial charge in [-0.25, -0.2) is 4.98 Å². The predicted molar refractivity (Wildman–Crippen MR) is 80.1 cm³/mol. The molecule has 0 saturated heterocycles. The highest BCUT2D eigenvalue weighted by Crippen LogP contribution is 2.36. The number of aromatic nitrogens is 1. The van der Waals surface area contributed by atoms with Crippen molar-refractivity contribution in [3.8, 4) is 0 Å². The Bertz CT molecular complexity index is 679. The van der Waals surface area contributed by atoms with Gasteiger partial charge >= 0.3 is 0 Å². The molecule has 1 aliphatic heterocycles. The predicted octanol–water partition coefficient (Wildman–Crippen LogP) is 3.65. The van der Waals surface area contributed by atoms with E-state index in [1.54, 1.807) is 11.8 Å². The monoisotopic (exact) mass is 334 g/mol. The largest absolute Gasteiger partial charge is 0.448 e. The molecule has 1 aromatic heterocycles. The summed E-state index contributed by atoms with van der Waals surface area (Å²) in [4.78, 5) is 18.5. The van der Waals surface area contributed by atoms with Gasteiger partial charge in [0.25, 0.3) is 5.91 Å². The Kier molecular flexibility index (Phi) is 3.38. The second-order valence-corrected chi connectivity index (χ2v) is 5.93. The zero-order chi connectivity index (χ0) is 14.3. The van der Waals surface area contributed by atoms with E-state index in [0.29, 0.717) is 18.0 Å². The first-order chi connectivity index (χ1) is 9.58. The highest BCUT2D eigenvalue weighted by Gasteiger charge is 2.28. The highest BCUT2D eigenvalue weighted by molar-refractivity contribution is 9.10. The van der Waals surface area contributed by atoms with E-state index in [1.165, 1.54) is 17.5 Å². The van der Waals surface area contributed by atoms with Crippen LogP contribution in [0.15, 0.2) is 27.4 Å². The molecule has 2 heterocycles. The van der Waals surface area contributed by atoms with Gasteiger partial charge in [-0.15, -0.1) is 0 Å². The molecule has 5 heteroatoms. The number of rotatable bonds is 1. The summed E-state index contributed by atoms with van der Waals surface area (Å²) in [6.07, 6.45) is 3.28. The molecule has 2 aromatic rings. The molecule has 0 N–H and O–H groups in total. The molecule has 1 aliphatic rings. The topological polar surface area (TPSA) is 46.3 Å². The fraction of sp³-hybridized carbons (Fsp3) is 0.333. The van der Waals surface area contributed by atoms with Crippen LogP contribution in [-0.4, -0.2) is 17.4 Å². The summed E-state index contributed by atoms with van der Waals surface area (Å²) in [5.74, 6) is 0.465. The Morgan fingerprint density at radius 2 is 2.20 bits per heavy atom. The fourth-order valence-electron chi connectivity index (χ4n) is 2.68. The van der Waals surface area contributed by atoms with Gasteiger partial charge < -0.3 is 9.32 Å². The molecule has 0 unspecified atom stereocenters. The molecule has 20 heavy (non-hydrogen) atoms. The Balaban J connectivity index is 2.06. The highest BCUT2D eigenvalue weighted by atomic mass is 79.9. The van der Waals surface area contributed by atoms with Crippen molar-refractivity contribution in [1.29, 1.82) is 0 Å². The van der Waals surface area contributed by atoms with E-state index < -0.39 is 0 Å². The number of carbonyl (C=O) groups excluding carboxylic acids is 1. The number of oxazole rings is 1. The van der Waals surface area contributed by atoms with E-state index in [4.69, 9.17) is 4.42 Å². The zero-order valence-electron chi connectivity index (χ0n) is 11.4. The van der Waals surface area contributed by atoms with Gasteiger partial charge in [-0.3, -0.25) is 4.79 Å². The van der Waals surface area contributed by atoms with Crippen LogP contribution in [0.3, 0.4) is 0 Å². The number of aryl methyl sites for hydroxylation is 3. The van der Waals surface area contributed by atoms with Gasteiger partial charge in [0.1, 0.15) is 5.76 Å². The van der Waals surface area contributed by atoms with Crippen LogP contribution in [0, 0.1) is 13.8 Å². The van der Waals surface area contributed by atoms with Gasteiger partial charge in [0.15, 0.2) is 12.1 Å². The number of fused-ring (bicyclic) bond motifs is 1. The van der Waals surface area contributed by atoms with Gasteiger partial charge in [-0.05, 0) is 59.8 Å². The van der Waals surface area contributed by atoms with Gasteiger partial charge in [0, 0.05) is 11.0 Å². The molecule has 0 atom stereocenters. The van der Waals surface area contributed by atoms with Gasteiger partial charge in [0.05, 0.1) is 5.69 Å². The Hall–Kier alpha value is -1.62. The minimum Gasteiger partial charge on any atom is -0.448 e. The summed E-state index contributed by atoms with van der Waals surface area (Å²) in [7, 11) is 0. The first-order valence-electron chi connectivity index (χ1n) is 6.59. The molecule has 4 nitrogen and oxygen atoms in total. The number of hydrogen-bond donors (Lipinski definition) is 0. The van der Waals surface area contributed by atoms with Crippen LogP contribution in [-0.2, 0) is 6.42 Å².